The van der Waals surface area contributed by atoms with E-state index in [0.717, 1.165) is 5.54 Å². The maximum Gasteiger partial charge on any atom is 0.00808 e. The Morgan fingerprint density at radius 1 is 1.11 bits per heavy atom. The second-order valence-electron chi connectivity index (χ2n) is 4.88. The van der Waals surface area contributed by atoms with E-state index >= 15 is 0 Å². The SMILES string of the molecule is CC1(C)CC(C)(C)C1[SiH3]. The van der Waals surface area contributed by atoms with Crippen LogP contribution < -0.4 is 0 Å². The fourth-order valence-corrected chi connectivity index (χ4v) is 2.82. The van der Waals surface area contributed by atoms with Gasteiger partial charge in [-0.05, 0) is 22.8 Å². The zero-order chi connectivity index (χ0) is 7.28. The first-order chi connectivity index (χ1) is 3.86. The molecule has 0 atom stereocenters. The first-order valence-corrected chi connectivity index (χ1v) is 5.02. The van der Waals surface area contributed by atoms with Gasteiger partial charge in [-0.3, -0.25) is 0 Å². The Bertz CT molecular complexity index is 111. The van der Waals surface area contributed by atoms with E-state index in [1.165, 1.54) is 16.7 Å². The first-order valence-electron chi connectivity index (χ1n) is 3.86. The van der Waals surface area contributed by atoms with Crippen LogP contribution in [-0.2, 0) is 0 Å². The largest absolute Gasteiger partial charge is 0.0599 e. The van der Waals surface area contributed by atoms with Crippen LogP contribution in [0.4, 0.5) is 0 Å². The van der Waals surface area contributed by atoms with E-state index in [1.54, 1.807) is 0 Å². The van der Waals surface area contributed by atoms with Crippen molar-refractivity contribution >= 4 is 10.2 Å². The zero-order valence-electron chi connectivity index (χ0n) is 7.28. The van der Waals surface area contributed by atoms with Crippen molar-refractivity contribution in [1.29, 1.82) is 0 Å². The highest BCUT2D eigenvalue weighted by atomic mass is 28.1. The Kier molecular flexibility index (Phi) is 1.32. The highest BCUT2D eigenvalue weighted by Crippen LogP contribution is 2.61. The lowest BCUT2D eigenvalue weighted by molar-refractivity contribution is 0.0226. The van der Waals surface area contributed by atoms with Crippen molar-refractivity contribution in [2.75, 3.05) is 0 Å². The van der Waals surface area contributed by atoms with E-state index in [4.69, 9.17) is 0 Å². The standard InChI is InChI=1S/C8H18Si/c1-7(2)5-8(3,4)6(7)9/h6H,5H2,1-4,9H3. The second kappa shape index (κ2) is 1.63. The van der Waals surface area contributed by atoms with Gasteiger partial charge in [-0.2, -0.15) is 0 Å². The molecule has 0 bridgehead atoms. The predicted octanol–water partition coefficient (Wildman–Crippen LogP) is 1.60. The van der Waals surface area contributed by atoms with Crippen molar-refractivity contribution in [3.8, 4) is 0 Å². The molecule has 0 nitrogen and oxygen atoms in total. The van der Waals surface area contributed by atoms with Gasteiger partial charge < -0.3 is 0 Å². The van der Waals surface area contributed by atoms with Crippen molar-refractivity contribution < 1.29 is 0 Å². The minimum Gasteiger partial charge on any atom is -0.0599 e. The fraction of sp³-hybridized carbons (Fsp3) is 1.00. The average molecular weight is 142 g/mol. The Hall–Kier alpha value is 0.217. The second-order valence-corrected chi connectivity index (χ2v) is 6.03. The highest BCUT2D eigenvalue weighted by Gasteiger charge is 2.49. The van der Waals surface area contributed by atoms with Crippen LogP contribution in [0, 0.1) is 10.8 Å². The van der Waals surface area contributed by atoms with E-state index in [9.17, 15) is 0 Å². The summed E-state index contributed by atoms with van der Waals surface area (Å²) in [6, 6.07) is 0. The van der Waals surface area contributed by atoms with Crippen LogP contribution in [0.25, 0.3) is 0 Å². The fourth-order valence-electron chi connectivity index (χ4n) is 2.41. The van der Waals surface area contributed by atoms with Gasteiger partial charge in [0.2, 0.25) is 0 Å². The molecule has 1 fully saturated rings. The molecule has 0 aromatic heterocycles. The first kappa shape index (κ1) is 7.33. The van der Waals surface area contributed by atoms with Gasteiger partial charge in [0.25, 0.3) is 0 Å². The normalized spacial score (nSPS) is 32.0. The molecule has 0 aromatic carbocycles. The zero-order valence-corrected chi connectivity index (χ0v) is 9.28. The molecule has 54 valence electrons. The molecule has 1 aliphatic rings. The molecule has 0 aromatic rings. The molecule has 0 aliphatic heterocycles. The van der Waals surface area contributed by atoms with Gasteiger partial charge in [-0.25, -0.2) is 0 Å². The highest BCUT2D eigenvalue weighted by molar-refractivity contribution is 6.13. The molecular formula is C8H18Si. The lowest BCUT2D eigenvalue weighted by Gasteiger charge is -2.56. The lowest BCUT2D eigenvalue weighted by atomic mass is 9.55. The summed E-state index contributed by atoms with van der Waals surface area (Å²) in [6.07, 6.45) is 1.42. The molecule has 0 saturated heterocycles. The summed E-state index contributed by atoms with van der Waals surface area (Å²) < 4.78 is 0. The quantitative estimate of drug-likeness (QED) is 0.451. The third-order valence-corrected chi connectivity index (χ3v) is 6.38. The Morgan fingerprint density at radius 3 is 1.44 bits per heavy atom. The van der Waals surface area contributed by atoms with Crippen LogP contribution >= 0.6 is 0 Å². The van der Waals surface area contributed by atoms with Gasteiger partial charge in [0.15, 0.2) is 0 Å². The van der Waals surface area contributed by atoms with Crippen molar-refractivity contribution in [1.82, 2.24) is 0 Å². The van der Waals surface area contributed by atoms with Gasteiger partial charge >= 0.3 is 0 Å². The molecule has 1 saturated carbocycles. The maximum absolute atomic E-state index is 2.40. The van der Waals surface area contributed by atoms with Crippen LogP contribution in [0.3, 0.4) is 0 Å². The van der Waals surface area contributed by atoms with Crippen LogP contribution in [0.5, 0.6) is 0 Å². The van der Waals surface area contributed by atoms with E-state index in [1.807, 2.05) is 0 Å². The van der Waals surface area contributed by atoms with Crippen LogP contribution in [0.15, 0.2) is 0 Å². The van der Waals surface area contributed by atoms with Gasteiger partial charge in [0.1, 0.15) is 0 Å². The molecule has 1 rings (SSSR count). The molecule has 0 heterocycles. The Morgan fingerprint density at radius 2 is 1.44 bits per heavy atom. The summed E-state index contributed by atoms with van der Waals surface area (Å²) >= 11 is 0. The molecule has 0 radical (unpaired) electrons. The number of rotatable bonds is 0. The van der Waals surface area contributed by atoms with E-state index in [2.05, 4.69) is 27.7 Å². The summed E-state index contributed by atoms with van der Waals surface area (Å²) in [7, 11) is 1.37. The van der Waals surface area contributed by atoms with Gasteiger partial charge in [-0.1, -0.05) is 27.7 Å². The Balaban J connectivity index is 2.62. The summed E-state index contributed by atoms with van der Waals surface area (Å²) in [5.74, 6) is 0. The van der Waals surface area contributed by atoms with E-state index in [0.29, 0.717) is 10.8 Å². The molecule has 0 N–H and O–H groups in total. The number of hydrogen-bond donors (Lipinski definition) is 0. The molecule has 0 amide bonds. The summed E-state index contributed by atoms with van der Waals surface area (Å²) in [6.45, 7) is 9.59. The molecule has 0 unspecified atom stereocenters. The third kappa shape index (κ3) is 0.957. The Labute approximate surface area is 61.5 Å². The van der Waals surface area contributed by atoms with Crippen molar-refractivity contribution in [2.24, 2.45) is 10.8 Å². The lowest BCUT2D eigenvalue weighted by Crippen LogP contribution is -2.45. The van der Waals surface area contributed by atoms with Crippen molar-refractivity contribution in [3.05, 3.63) is 0 Å². The van der Waals surface area contributed by atoms with Gasteiger partial charge in [-0.15, -0.1) is 0 Å². The molecule has 1 heteroatoms. The van der Waals surface area contributed by atoms with Gasteiger partial charge in [0.05, 0.1) is 0 Å². The topological polar surface area (TPSA) is 0 Å². The molecule has 1 aliphatic carbocycles. The summed E-state index contributed by atoms with van der Waals surface area (Å²) in [4.78, 5) is 0. The van der Waals surface area contributed by atoms with Gasteiger partial charge in [0, 0.05) is 10.2 Å². The molecule has 0 spiro atoms. The summed E-state index contributed by atoms with van der Waals surface area (Å²) in [5.41, 5.74) is 2.39. The monoisotopic (exact) mass is 142 g/mol. The van der Waals surface area contributed by atoms with Crippen LogP contribution in [0.1, 0.15) is 34.1 Å². The van der Waals surface area contributed by atoms with Crippen LogP contribution in [-0.4, -0.2) is 10.2 Å². The molecule has 9 heavy (non-hydrogen) atoms. The predicted molar refractivity (Wildman–Crippen MR) is 45.9 cm³/mol. The summed E-state index contributed by atoms with van der Waals surface area (Å²) in [5, 5.41) is 0. The minimum absolute atomic E-state index is 0.676. The number of hydrogen-bond acceptors (Lipinski definition) is 0. The maximum atomic E-state index is 2.40. The van der Waals surface area contributed by atoms with Crippen LogP contribution in [0.2, 0.25) is 5.54 Å². The average Bonchev–Trinajstić information content (AvgIpc) is 1.63. The third-order valence-electron chi connectivity index (χ3n) is 3.26. The smallest absolute Gasteiger partial charge is 0.00808 e. The molecular weight excluding hydrogens is 124 g/mol. The van der Waals surface area contributed by atoms with Crippen molar-refractivity contribution in [2.45, 2.75) is 39.7 Å². The van der Waals surface area contributed by atoms with E-state index in [-0.39, 0.29) is 0 Å². The minimum atomic E-state index is 0.676. The van der Waals surface area contributed by atoms with Crippen molar-refractivity contribution in [3.63, 3.8) is 0 Å². The van der Waals surface area contributed by atoms with E-state index < -0.39 is 0 Å².